The number of nitrogens with zero attached hydrogens (tertiary/aromatic N) is 2. The molecule has 2 aromatic carbocycles. The first-order valence-corrected chi connectivity index (χ1v) is 8.96. The van der Waals surface area contributed by atoms with Crippen molar-refractivity contribution in [2.24, 2.45) is 0 Å². The molecule has 0 aliphatic heterocycles. The molecule has 0 unspecified atom stereocenters. The van der Waals surface area contributed by atoms with E-state index < -0.39 is 17.3 Å². The van der Waals surface area contributed by atoms with E-state index in [-0.39, 0.29) is 11.3 Å². The van der Waals surface area contributed by atoms with Gasteiger partial charge in [-0.1, -0.05) is 12.1 Å². The van der Waals surface area contributed by atoms with Crippen LogP contribution in [0.3, 0.4) is 0 Å². The quantitative estimate of drug-likeness (QED) is 0.504. The highest BCUT2D eigenvalue weighted by Crippen LogP contribution is 2.31. The molecule has 5 nitrogen and oxygen atoms in total. The van der Waals surface area contributed by atoms with Crippen molar-refractivity contribution < 1.29 is 17.9 Å². The lowest BCUT2D eigenvalue weighted by atomic mass is 10.1. The molecule has 4 aromatic rings. The molecule has 2 aromatic heterocycles. The molecule has 0 saturated heterocycles. The second-order valence-corrected chi connectivity index (χ2v) is 6.51. The van der Waals surface area contributed by atoms with Crippen molar-refractivity contribution in [3.8, 4) is 11.4 Å². The van der Waals surface area contributed by atoms with Gasteiger partial charge < -0.3 is 10.1 Å². The third-order valence-corrected chi connectivity index (χ3v) is 4.56. The zero-order chi connectivity index (χ0) is 21.3. The standard InChI is InChI=1S/C22H16F3N3O2/c1-30-17-8-3-6-15(12-17)27-19-13-20(29)28(21-18(19)9-4-10-26-21)16-7-2-5-14(11-16)22(23,24)25/h2-13,27H,1H3. The number of methoxy groups -OCH3 is 1. The number of hydrogen-bond acceptors (Lipinski definition) is 4. The monoisotopic (exact) mass is 411 g/mol. The van der Waals surface area contributed by atoms with E-state index >= 15 is 0 Å². The summed E-state index contributed by atoms with van der Waals surface area (Å²) in [5, 5.41) is 3.74. The molecule has 0 amide bonds. The molecule has 0 bridgehead atoms. The van der Waals surface area contributed by atoms with E-state index in [1.807, 2.05) is 6.07 Å². The maximum atomic E-state index is 13.1. The summed E-state index contributed by atoms with van der Waals surface area (Å²) >= 11 is 0. The number of nitrogens with one attached hydrogen (secondary N) is 1. The summed E-state index contributed by atoms with van der Waals surface area (Å²) in [6.45, 7) is 0. The summed E-state index contributed by atoms with van der Waals surface area (Å²) in [7, 11) is 1.55. The Balaban J connectivity index is 1.88. The zero-order valence-electron chi connectivity index (χ0n) is 15.8. The summed E-state index contributed by atoms with van der Waals surface area (Å²) in [5.41, 5.74) is 0.164. The molecule has 0 aliphatic carbocycles. The van der Waals surface area contributed by atoms with Gasteiger partial charge in [-0.25, -0.2) is 4.98 Å². The molecule has 0 radical (unpaired) electrons. The van der Waals surface area contributed by atoms with Crippen LogP contribution in [0.5, 0.6) is 5.75 Å². The number of rotatable bonds is 4. The molecule has 152 valence electrons. The number of halogens is 3. The van der Waals surface area contributed by atoms with Crippen LogP contribution in [0.25, 0.3) is 16.7 Å². The number of benzene rings is 2. The van der Waals surface area contributed by atoms with Crippen LogP contribution < -0.4 is 15.6 Å². The van der Waals surface area contributed by atoms with Crippen molar-refractivity contribution in [3.05, 3.63) is 88.8 Å². The minimum absolute atomic E-state index is 0.0893. The van der Waals surface area contributed by atoms with Gasteiger partial charge in [0, 0.05) is 29.4 Å². The highest BCUT2D eigenvalue weighted by atomic mass is 19.4. The molecule has 1 N–H and O–H groups in total. The minimum atomic E-state index is -4.52. The van der Waals surface area contributed by atoms with Crippen molar-refractivity contribution in [1.29, 1.82) is 0 Å². The predicted molar refractivity (Wildman–Crippen MR) is 109 cm³/mol. The maximum Gasteiger partial charge on any atom is 0.416 e. The smallest absolute Gasteiger partial charge is 0.416 e. The largest absolute Gasteiger partial charge is 0.497 e. The Kier molecular flexibility index (Phi) is 4.91. The average Bonchev–Trinajstić information content (AvgIpc) is 2.73. The van der Waals surface area contributed by atoms with Crippen LogP contribution >= 0.6 is 0 Å². The molecule has 0 fully saturated rings. The van der Waals surface area contributed by atoms with Crippen molar-refractivity contribution in [2.75, 3.05) is 12.4 Å². The number of hydrogen-bond donors (Lipinski definition) is 1. The van der Waals surface area contributed by atoms with Crippen molar-refractivity contribution in [2.45, 2.75) is 6.18 Å². The average molecular weight is 411 g/mol. The van der Waals surface area contributed by atoms with Crippen LogP contribution in [-0.2, 0) is 6.18 Å². The minimum Gasteiger partial charge on any atom is -0.497 e. The van der Waals surface area contributed by atoms with Crippen LogP contribution in [0.15, 0.2) is 77.7 Å². The van der Waals surface area contributed by atoms with Crippen LogP contribution in [0.4, 0.5) is 24.5 Å². The lowest BCUT2D eigenvalue weighted by Crippen LogP contribution is -2.20. The first-order chi connectivity index (χ1) is 14.4. The number of anilines is 2. The molecule has 0 aliphatic rings. The lowest BCUT2D eigenvalue weighted by Gasteiger charge is -2.15. The molecular weight excluding hydrogens is 395 g/mol. The maximum absolute atomic E-state index is 13.1. The normalized spacial score (nSPS) is 11.5. The molecule has 8 heteroatoms. The molecule has 0 atom stereocenters. The first kappa shape index (κ1) is 19.5. The Morgan fingerprint density at radius 1 is 1.00 bits per heavy atom. The van der Waals surface area contributed by atoms with Gasteiger partial charge in [0.1, 0.15) is 11.4 Å². The molecule has 2 heterocycles. The Bertz CT molecular complexity index is 1280. The first-order valence-electron chi connectivity index (χ1n) is 8.96. The predicted octanol–water partition coefficient (Wildman–Crippen LogP) is 5.16. The van der Waals surface area contributed by atoms with Crippen LogP contribution in [-0.4, -0.2) is 16.7 Å². The van der Waals surface area contributed by atoms with Gasteiger partial charge >= 0.3 is 6.18 Å². The SMILES string of the molecule is COc1cccc(Nc2cc(=O)n(-c3cccc(C(F)(F)F)c3)c3ncccc23)c1. The number of aromatic nitrogens is 2. The Morgan fingerprint density at radius 3 is 2.57 bits per heavy atom. The van der Waals surface area contributed by atoms with E-state index in [0.29, 0.717) is 22.5 Å². The van der Waals surface area contributed by atoms with E-state index in [9.17, 15) is 18.0 Å². The van der Waals surface area contributed by atoms with Gasteiger partial charge in [-0.05, 0) is 42.5 Å². The van der Waals surface area contributed by atoms with Gasteiger partial charge in [0.05, 0.1) is 24.0 Å². The van der Waals surface area contributed by atoms with Gasteiger partial charge in [-0.2, -0.15) is 13.2 Å². The van der Waals surface area contributed by atoms with Crippen LogP contribution in [0, 0.1) is 0 Å². The highest BCUT2D eigenvalue weighted by molar-refractivity contribution is 5.91. The van der Waals surface area contributed by atoms with E-state index in [2.05, 4.69) is 10.3 Å². The molecule has 0 saturated carbocycles. The molecule has 0 spiro atoms. The van der Waals surface area contributed by atoms with Crippen molar-refractivity contribution >= 4 is 22.4 Å². The van der Waals surface area contributed by atoms with Crippen molar-refractivity contribution in [1.82, 2.24) is 9.55 Å². The van der Waals surface area contributed by atoms with Gasteiger partial charge in [-0.3, -0.25) is 9.36 Å². The Hall–Kier alpha value is -3.81. The Labute approximate surface area is 169 Å². The van der Waals surface area contributed by atoms with E-state index in [4.69, 9.17) is 4.74 Å². The third-order valence-electron chi connectivity index (χ3n) is 4.56. The fourth-order valence-electron chi connectivity index (χ4n) is 3.19. The Morgan fingerprint density at radius 2 is 1.80 bits per heavy atom. The lowest BCUT2D eigenvalue weighted by molar-refractivity contribution is -0.137. The second kappa shape index (κ2) is 7.55. The third kappa shape index (κ3) is 3.71. The van der Waals surface area contributed by atoms with E-state index in [1.54, 1.807) is 37.4 Å². The summed E-state index contributed by atoms with van der Waals surface area (Å²) < 4.78 is 45.8. The number of pyridine rings is 2. The van der Waals surface area contributed by atoms with Gasteiger partial charge in [0.2, 0.25) is 0 Å². The van der Waals surface area contributed by atoms with Gasteiger partial charge in [0.15, 0.2) is 0 Å². The molecule has 4 rings (SSSR count). The molecule has 30 heavy (non-hydrogen) atoms. The summed E-state index contributed by atoms with van der Waals surface area (Å²) in [4.78, 5) is 17.2. The number of alkyl halides is 3. The summed E-state index contributed by atoms with van der Waals surface area (Å²) in [5.74, 6) is 0.639. The molecular formula is C22H16F3N3O2. The summed E-state index contributed by atoms with van der Waals surface area (Å²) in [6.07, 6.45) is -3.03. The highest BCUT2D eigenvalue weighted by Gasteiger charge is 2.30. The van der Waals surface area contributed by atoms with Gasteiger partial charge in [0.25, 0.3) is 5.56 Å². The van der Waals surface area contributed by atoms with Crippen LogP contribution in [0.1, 0.15) is 5.56 Å². The number of ether oxygens (including phenoxy) is 1. The fourth-order valence-corrected chi connectivity index (χ4v) is 3.19. The van der Waals surface area contributed by atoms with E-state index in [1.165, 1.54) is 29.0 Å². The van der Waals surface area contributed by atoms with E-state index in [0.717, 1.165) is 12.1 Å². The van der Waals surface area contributed by atoms with Crippen molar-refractivity contribution in [3.63, 3.8) is 0 Å². The second-order valence-electron chi connectivity index (χ2n) is 6.51. The fraction of sp³-hybridized carbons (Fsp3) is 0.0909. The van der Waals surface area contributed by atoms with Gasteiger partial charge in [-0.15, -0.1) is 0 Å². The number of fused-ring (bicyclic) bond motifs is 1. The topological polar surface area (TPSA) is 56.1 Å². The zero-order valence-corrected chi connectivity index (χ0v) is 15.8. The summed E-state index contributed by atoms with van der Waals surface area (Å²) in [6, 6.07) is 16.5. The van der Waals surface area contributed by atoms with Crippen LogP contribution in [0.2, 0.25) is 0 Å².